The summed E-state index contributed by atoms with van der Waals surface area (Å²) in [6.45, 7) is 5.84. The van der Waals surface area contributed by atoms with Crippen molar-refractivity contribution in [3.63, 3.8) is 0 Å². The van der Waals surface area contributed by atoms with Crippen LogP contribution in [0.5, 0.6) is 5.75 Å². The van der Waals surface area contributed by atoms with Gasteiger partial charge in [-0.2, -0.15) is 0 Å². The van der Waals surface area contributed by atoms with E-state index >= 15 is 0 Å². The maximum absolute atomic E-state index is 5.58. The molecule has 0 unspecified atom stereocenters. The zero-order valence-corrected chi connectivity index (χ0v) is 14.0. The molecule has 0 aliphatic carbocycles. The smallest absolute Gasteiger partial charge is 0.161 e. The standard InChI is InChI=1S/C16H20BrN3O/c1-3-9-18-16-14(17)11-19-15(20-16)12-5-7-13(8-6-12)21-10-4-2/h5-8,11H,3-4,9-10H2,1-2H3,(H,18,19,20). The van der Waals surface area contributed by atoms with Crippen molar-refractivity contribution < 1.29 is 4.74 Å². The lowest BCUT2D eigenvalue weighted by Crippen LogP contribution is -2.04. The van der Waals surface area contributed by atoms with Gasteiger partial charge in [0.25, 0.3) is 0 Å². The first-order valence-corrected chi connectivity index (χ1v) is 8.03. The first kappa shape index (κ1) is 15.8. The van der Waals surface area contributed by atoms with Crippen molar-refractivity contribution in [2.24, 2.45) is 0 Å². The van der Waals surface area contributed by atoms with Crippen molar-refractivity contribution in [3.05, 3.63) is 34.9 Å². The second-order valence-corrected chi connectivity index (χ2v) is 5.54. The SMILES string of the molecule is CCCNc1nc(-c2ccc(OCCC)cc2)ncc1Br. The number of hydrogen-bond donors (Lipinski definition) is 1. The van der Waals surface area contributed by atoms with Gasteiger partial charge < -0.3 is 10.1 Å². The van der Waals surface area contributed by atoms with Gasteiger partial charge in [0, 0.05) is 18.3 Å². The van der Waals surface area contributed by atoms with E-state index in [2.05, 4.69) is 45.1 Å². The molecule has 2 aromatic rings. The van der Waals surface area contributed by atoms with Gasteiger partial charge in [-0.15, -0.1) is 0 Å². The molecule has 2 rings (SSSR count). The molecule has 1 heterocycles. The molecule has 0 radical (unpaired) electrons. The van der Waals surface area contributed by atoms with E-state index in [9.17, 15) is 0 Å². The number of nitrogens with one attached hydrogen (secondary N) is 1. The van der Waals surface area contributed by atoms with Gasteiger partial charge in [-0.05, 0) is 53.0 Å². The summed E-state index contributed by atoms with van der Waals surface area (Å²) < 4.78 is 6.46. The third-order valence-corrected chi connectivity index (χ3v) is 3.45. The summed E-state index contributed by atoms with van der Waals surface area (Å²) in [6.07, 6.45) is 3.83. The summed E-state index contributed by atoms with van der Waals surface area (Å²) in [5.41, 5.74) is 0.978. The number of anilines is 1. The third-order valence-electron chi connectivity index (χ3n) is 2.87. The summed E-state index contributed by atoms with van der Waals surface area (Å²) in [6, 6.07) is 7.88. The van der Waals surface area contributed by atoms with Crippen molar-refractivity contribution in [2.45, 2.75) is 26.7 Å². The van der Waals surface area contributed by atoms with E-state index in [0.29, 0.717) is 5.82 Å². The minimum Gasteiger partial charge on any atom is -0.494 e. The Bertz CT molecular complexity index is 572. The molecule has 0 amide bonds. The first-order chi connectivity index (χ1) is 10.2. The fourth-order valence-corrected chi connectivity index (χ4v) is 2.12. The Hall–Kier alpha value is -1.62. The molecule has 112 valence electrons. The Balaban J connectivity index is 2.17. The monoisotopic (exact) mass is 349 g/mol. The van der Waals surface area contributed by atoms with Gasteiger partial charge in [-0.3, -0.25) is 0 Å². The van der Waals surface area contributed by atoms with Crippen molar-refractivity contribution in [1.82, 2.24) is 9.97 Å². The number of hydrogen-bond acceptors (Lipinski definition) is 4. The van der Waals surface area contributed by atoms with Crippen molar-refractivity contribution in [2.75, 3.05) is 18.5 Å². The van der Waals surface area contributed by atoms with E-state index in [4.69, 9.17) is 4.74 Å². The minimum absolute atomic E-state index is 0.707. The average Bonchev–Trinajstić information content (AvgIpc) is 2.53. The van der Waals surface area contributed by atoms with Gasteiger partial charge in [0.05, 0.1) is 11.1 Å². The van der Waals surface area contributed by atoms with E-state index in [1.54, 1.807) is 6.20 Å². The molecule has 0 atom stereocenters. The summed E-state index contributed by atoms with van der Waals surface area (Å²) in [5.74, 6) is 2.41. The Morgan fingerprint density at radius 2 is 1.90 bits per heavy atom. The van der Waals surface area contributed by atoms with Gasteiger partial charge in [0.1, 0.15) is 11.6 Å². The van der Waals surface area contributed by atoms with Crippen LogP contribution in [0.4, 0.5) is 5.82 Å². The fraction of sp³-hybridized carbons (Fsp3) is 0.375. The second-order valence-electron chi connectivity index (χ2n) is 4.69. The van der Waals surface area contributed by atoms with E-state index in [1.165, 1.54) is 0 Å². The number of ether oxygens (including phenoxy) is 1. The highest BCUT2D eigenvalue weighted by atomic mass is 79.9. The summed E-state index contributed by atoms with van der Waals surface area (Å²) in [5, 5.41) is 3.29. The van der Waals surface area contributed by atoms with E-state index in [1.807, 2.05) is 24.3 Å². The molecule has 1 N–H and O–H groups in total. The van der Waals surface area contributed by atoms with Crippen LogP contribution in [0.3, 0.4) is 0 Å². The second kappa shape index (κ2) is 7.98. The molecule has 5 heteroatoms. The van der Waals surface area contributed by atoms with Gasteiger partial charge in [-0.25, -0.2) is 9.97 Å². The van der Waals surface area contributed by atoms with Gasteiger partial charge in [0.2, 0.25) is 0 Å². The number of benzene rings is 1. The number of aromatic nitrogens is 2. The van der Waals surface area contributed by atoms with E-state index < -0.39 is 0 Å². The Kier molecular flexibility index (Phi) is 5.99. The molecule has 1 aromatic heterocycles. The van der Waals surface area contributed by atoms with Crippen LogP contribution in [0.2, 0.25) is 0 Å². The Morgan fingerprint density at radius 1 is 1.14 bits per heavy atom. The van der Waals surface area contributed by atoms with E-state index in [-0.39, 0.29) is 0 Å². The summed E-state index contributed by atoms with van der Waals surface area (Å²) in [4.78, 5) is 8.93. The molecule has 0 aliphatic rings. The number of rotatable bonds is 7. The summed E-state index contributed by atoms with van der Waals surface area (Å²) in [7, 11) is 0. The normalized spacial score (nSPS) is 10.4. The number of halogens is 1. The van der Waals surface area contributed by atoms with Gasteiger partial charge in [0.15, 0.2) is 5.82 Å². The molecule has 21 heavy (non-hydrogen) atoms. The minimum atomic E-state index is 0.707. The predicted molar refractivity (Wildman–Crippen MR) is 89.7 cm³/mol. The molecule has 0 aliphatic heterocycles. The molecule has 4 nitrogen and oxygen atoms in total. The molecule has 0 spiro atoms. The highest BCUT2D eigenvalue weighted by molar-refractivity contribution is 9.10. The quantitative estimate of drug-likeness (QED) is 0.798. The van der Waals surface area contributed by atoms with Gasteiger partial charge in [-0.1, -0.05) is 13.8 Å². The molecular formula is C16H20BrN3O. The predicted octanol–water partition coefficient (Wildman–Crippen LogP) is 4.52. The lowest BCUT2D eigenvalue weighted by atomic mass is 10.2. The van der Waals surface area contributed by atoms with Crippen LogP contribution < -0.4 is 10.1 Å². The van der Waals surface area contributed by atoms with Crippen LogP contribution >= 0.6 is 15.9 Å². The molecule has 0 bridgehead atoms. The fourth-order valence-electron chi connectivity index (χ4n) is 1.79. The van der Waals surface area contributed by atoms with Crippen LogP contribution in [-0.2, 0) is 0 Å². The number of nitrogens with zero attached hydrogens (tertiary/aromatic N) is 2. The van der Waals surface area contributed by atoms with Crippen LogP contribution in [0.15, 0.2) is 34.9 Å². The maximum Gasteiger partial charge on any atom is 0.161 e. The van der Waals surface area contributed by atoms with Crippen LogP contribution in [0.25, 0.3) is 11.4 Å². The third kappa shape index (κ3) is 4.43. The average molecular weight is 350 g/mol. The van der Waals surface area contributed by atoms with Crippen LogP contribution in [0.1, 0.15) is 26.7 Å². The molecule has 0 saturated heterocycles. The maximum atomic E-state index is 5.58. The summed E-state index contributed by atoms with van der Waals surface area (Å²) >= 11 is 3.47. The highest BCUT2D eigenvalue weighted by Crippen LogP contribution is 2.24. The highest BCUT2D eigenvalue weighted by Gasteiger charge is 2.07. The Morgan fingerprint density at radius 3 is 2.57 bits per heavy atom. The Labute approximate surface area is 134 Å². The zero-order valence-electron chi connectivity index (χ0n) is 12.4. The molecule has 1 aromatic carbocycles. The van der Waals surface area contributed by atoms with Crippen LogP contribution in [0, 0.1) is 0 Å². The van der Waals surface area contributed by atoms with Crippen molar-refractivity contribution in [3.8, 4) is 17.1 Å². The largest absolute Gasteiger partial charge is 0.494 e. The van der Waals surface area contributed by atoms with Crippen molar-refractivity contribution in [1.29, 1.82) is 0 Å². The zero-order chi connectivity index (χ0) is 15.1. The molecule has 0 saturated carbocycles. The van der Waals surface area contributed by atoms with E-state index in [0.717, 1.165) is 47.6 Å². The lowest BCUT2D eigenvalue weighted by Gasteiger charge is -2.09. The van der Waals surface area contributed by atoms with Crippen molar-refractivity contribution >= 4 is 21.7 Å². The topological polar surface area (TPSA) is 47.0 Å². The van der Waals surface area contributed by atoms with Crippen LogP contribution in [-0.4, -0.2) is 23.1 Å². The first-order valence-electron chi connectivity index (χ1n) is 7.24. The lowest BCUT2D eigenvalue weighted by molar-refractivity contribution is 0.317. The molecular weight excluding hydrogens is 330 g/mol. The van der Waals surface area contributed by atoms with Gasteiger partial charge >= 0.3 is 0 Å². The molecule has 0 fully saturated rings.